The van der Waals surface area contributed by atoms with Crippen LogP contribution in [0.15, 0.2) is 48.8 Å². The number of carbonyl (C=O) groups excluding carboxylic acids is 2. The van der Waals surface area contributed by atoms with E-state index < -0.39 is 5.97 Å². The number of esters is 1. The lowest BCUT2D eigenvalue weighted by molar-refractivity contribution is 0.0475. The largest absolute Gasteiger partial charge is 0.454 e. The van der Waals surface area contributed by atoms with E-state index >= 15 is 0 Å². The number of aryl methyl sites for hydroxylation is 1. The summed E-state index contributed by atoms with van der Waals surface area (Å²) in [6.07, 6.45) is 2.99. The van der Waals surface area contributed by atoms with Crippen molar-refractivity contribution in [3.63, 3.8) is 0 Å². The van der Waals surface area contributed by atoms with E-state index in [4.69, 9.17) is 16.3 Å². The molecule has 1 aromatic carbocycles. The zero-order valence-corrected chi connectivity index (χ0v) is 15.0. The molecule has 25 heavy (non-hydrogen) atoms. The van der Waals surface area contributed by atoms with Crippen LogP contribution in [0, 0.1) is 6.92 Å². The Balaban J connectivity index is 1.59. The second kappa shape index (κ2) is 7.63. The maximum Gasteiger partial charge on any atom is 0.341 e. The first kappa shape index (κ1) is 17.4. The van der Waals surface area contributed by atoms with Gasteiger partial charge in [-0.25, -0.2) is 4.79 Å². The number of Topliss-reactive ketones (excluding diaryl/α,β-unsaturated/α-hetero) is 1. The molecule has 0 aliphatic carbocycles. The molecule has 0 unspecified atom stereocenters. The van der Waals surface area contributed by atoms with E-state index in [1.165, 1.54) is 17.5 Å². The van der Waals surface area contributed by atoms with Gasteiger partial charge in [0.05, 0.1) is 23.2 Å². The van der Waals surface area contributed by atoms with Crippen molar-refractivity contribution in [2.24, 2.45) is 0 Å². The molecule has 0 aliphatic heterocycles. The molecular weight excluding hydrogens is 360 g/mol. The van der Waals surface area contributed by atoms with Crippen LogP contribution in [0.3, 0.4) is 0 Å². The van der Waals surface area contributed by atoms with Crippen molar-refractivity contribution in [2.45, 2.75) is 13.5 Å². The first-order chi connectivity index (χ1) is 12.0. The van der Waals surface area contributed by atoms with Gasteiger partial charge in [-0.05, 0) is 30.7 Å². The predicted octanol–water partition coefficient (Wildman–Crippen LogP) is 3.99. The lowest BCUT2D eigenvalue weighted by Crippen LogP contribution is -2.13. The summed E-state index contributed by atoms with van der Waals surface area (Å²) in [4.78, 5) is 25.7. The monoisotopic (exact) mass is 374 g/mol. The quantitative estimate of drug-likeness (QED) is 0.483. The van der Waals surface area contributed by atoms with E-state index in [0.29, 0.717) is 22.0 Å². The number of halogens is 1. The third-order valence-corrected chi connectivity index (χ3v) is 4.92. The molecule has 0 saturated heterocycles. The van der Waals surface area contributed by atoms with Gasteiger partial charge in [0.2, 0.25) is 5.78 Å². The van der Waals surface area contributed by atoms with Gasteiger partial charge < -0.3 is 4.74 Å². The smallest absolute Gasteiger partial charge is 0.341 e. The highest BCUT2D eigenvalue weighted by Crippen LogP contribution is 2.17. The summed E-state index contributed by atoms with van der Waals surface area (Å²) in [5.41, 5.74) is 1.19. The molecule has 128 valence electrons. The molecule has 3 aromatic rings. The maximum absolute atomic E-state index is 12.1. The van der Waals surface area contributed by atoms with Gasteiger partial charge in [0.1, 0.15) is 0 Å². The van der Waals surface area contributed by atoms with Crippen molar-refractivity contribution >= 4 is 34.7 Å². The van der Waals surface area contributed by atoms with Crippen LogP contribution in [-0.4, -0.2) is 28.1 Å². The van der Waals surface area contributed by atoms with Crippen LogP contribution in [0.5, 0.6) is 0 Å². The second-order valence-corrected chi connectivity index (χ2v) is 7.12. The molecule has 2 aromatic heterocycles. The molecule has 0 radical (unpaired) electrons. The fourth-order valence-corrected chi connectivity index (χ4v) is 3.21. The summed E-state index contributed by atoms with van der Waals surface area (Å²) in [5, 5.41) is 4.77. The van der Waals surface area contributed by atoms with Crippen LogP contribution < -0.4 is 0 Å². The van der Waals surface area contributed by atoms with E-state index in [1.807, 2.05) is 31.2 Å². The molecule has 0 bridgehead atoms. The van der Waals surface area contributed by atoms with Gasteiger partial charge in [-0.3, -0.25) is 9.48 Å². The Bertz CT molecular complexity index is 916. The number of rotatable bonds is 6. The van der Waals surface area contributed by atoms with E-state index in [2.05, 4.69) is 5.10 Å². The number of carbonyl (C=O) groups is 2. The number of nitrogens with zero attached hydrogens (tertiary/aromatic N) is 2. The number of hydrogen-bond donors (Lipinski definition) is 0. The van der Waals surface area contributed by atoms with Crippen molar-refractivity contribution in [1.82, 2.24) is 9.78 Å². The fraction of sp³-hybridized carbons (Fsp3) is 0.167. The molecule has 0 spiro atoms. The molecule has 5 nitrogen and oxygen atoms in total. The number of ether oxygens (including phenoxy) is 1. The van der Waals surface area contributed by atoms with Crippen molar-refractivity contribution < 1.29 is 14.3 Å². The summed E-state index contributed by atoms with van der Waals surface area (Å²) >= 11 is 7.50. The second-order valence-electron chi connectivity index (χ2n) is 5.43. The summed E-state index contributed by atoms with van der Waals surface area (Å²) in [5.74, 6) is -0.790. The highest BCUT2D eigenvalue weighted by Gasteiger charge is 2.15. The molecule has 0 amide bonds. The van der Waals surface area contributed by atoms with Crippen LogP contribution >= 0.6 is 22.9 Å². The summed E-state index contributed by atoms with van der Waals surface area (Å²) < 4.78 is 6.68. The maximum atomic E-state index is 12.1. The average Bonchev–Trinajstić information content (AvgIpc) is 3.24. The molecule has 0 atom stereocenters. The van der Waals surface area contributed by atoms with Crippen LogP contribution in [0.1, 0.15) is 30.5 Å². The van der Waals surface area contributed by atoms with Crippen molar-refractivity contribution in [3.8, 4) is 0 Å². The SMILES string of the molecule is Cc1ccc(C(=O)COC(=O)c2cnn(Cc3ccccc3Cl)c2)s1. The predicted molar refractivity (Wildman–Crippen MR) is 96.5 cm³/mol. The molecule has 0 aliphatic rings. The van der Waals surface area contributed by atoms with Gasteiger partial charge >= 0.3 is 5.97 Å². The molecule has 2 heterocycles. The number of aromatic nitrogens is 2. The molecule has 0 N–H and O–H groups in total. The number of ketones is 1. The van der Waals surface area contributed by atoms with Gasteiger partial charge in [-0.2, -0.15) is 5.10 Å². The van der Waals surface area contributed by atoms with Crippen molar-refractivity contribution in [3.05, 3.63) is 74.7 Å². The van der Waals surface area contributed by atoms with Gasteiger partial charge in [0, 0.05) is 16.1 Å². The minimum Gasteiger partial charge on any atom is -0.454 e. The zero-order valence-electron chi connectivity index (χ0n) is 13.4. The van der Waals surface area contributed by atoms with Crippen LogP contribution in [0.2, 0.25) is 5.02 Å². The molecule has 0 saturated carbocycles. The Hall–Kier alpha value is -2.44. The lowest BCUT2D eigenvalue weighted by atomic mass is 10.2. The average molecular weight is 375 g/mol. The minimum absolute atomic E-state index is 0.213. The topological polar surface area (TPSA) is 61.2 Å². The summed E-state index contributed by atoms with van der Waals surface area (Å²) in [7, 11) is 0. The normalized spacial score (nSPS) is 10.6. The first-order valence-corrected chi connectivity index (χ1v) is 8.75. The van der Waals surface area contributed by atoms with Gasteiger partial charge in [0.25, 0.3) is 0 Å². The Morgan fingerprint density at radius 3 is 2.76 bits per heavy atom. The number of thiophene rings is 1. The van der Waals surface area contributed by atoms with Crippen molar-refractivity contribution in [1.29, 1.82) is 0 Å². The van der Waals surface area contributed by atoms with Crippen LogP contribution in [0.25, 0.3) is 0 Å². The summed E-state index contributed by atoms with van der Waals surface area (Å²) in [6.45, 7) is 2.08. The van der Waals surface area contributed by atoms with Crippen molar-refractivity contribution in [2.75, 3.05) is 6.61 Å². The Morgan fingerprint density at radius 1 is 1.24 bits per heavy atom. The first-order valence-electron chi connectivity index (χ1n) is 7.55. The van der Waals surface area contributed by atoms with Gasteiger partial charge in [-0.1, -0.05) is 29.8 Å². The number of benzene rings is 1. The van der Waals surface area contributed by atoms with E-state index in [1.54, 1.807) is 23.0 Å². The third kappa shape index (κ3) is 4.35. The van der Waals surface area contributed by atoms with E-state index in [-0.39, 0.29) is 12.4 Å². The molecular formula is C18H15ClN2O3S. The lowest BCUT2D eigenvalue weighted by Gasteiger charge is -2.04. The molecule has 7 heteroatoms. The van der Waals surface area contributed by atoms with Gasteiger partial charge in [0.15, 0.2) is 6.61 Å². The Kier molecular flexibility index (Phi) is 5.31. The highest BCUT2D eigenvalue weighted by molar-refractivity contribution is 7.14. The minimum atomic E-state index is -0.577. The zero-order chi connectivity index (χ0) is 17.8. The van der Waals surface area contributed by atoms with Crippen LogP contribution in [0.4, 0.5) is 0 Å². The molecule has 0 fully saturated rings. The fourth-order valence-electron chi connectivity index (χ4n) is 2.23. The van der Waals surface area contributed by atoms with Crippen LogP contribution in [-0.2, 0) is 11.3 Å². The third-order valence-electron chi connectivity index (χ3n) is 3.51. The highest BCUT2D eigenvalue weighted by atomic mass is 35.5. The molecule has 3 rings (SSSR count). The standard InChI is InChI=1S/C18H15ClN2O3S/c1-12-6-7-17(25-12)16(22)11-24-18(23)14-8-20-21(10-14)9-13-4-2-3-5-15(13)19/h2-8,10H,9,11H2,1H3. The van der Waals surface area contributed by atoms with E-state index in [0.717, 1.165) is 10.4 Å². The Morgan fingerprint density at radius 2 is 2.04 bits per heavy atom. The Labute approximate surface area is 153 Å². The number of hydrogen-bond acceptors (Lipinski definition) is 5. The van der Waals surface area contributed by atoms with E-state index in [9.17, 15) is 9.59 Å². The summed E-state index contributed by atoms with van der Waals surface area (Å²) in [6, 6.07) is 11.0. The van der Waals surface area contributed by atoms with Gasteiger partial charge in [-0.15, -0.1) is 11.3 Å².